The van der Waals surface area contributed by atoms with Crippen molar-refractivity contribution in [1.29, 1.82) is 0 Å². The maximum Gasteiger partial charge on any atom is 0.306 e. The molecule has 0 radical (unpaired) electrons. The Hall–Kier alpha value is -2.82. The fourth-order valence-corrected chi connectivity index (χ4v) is 3.50. The fraction of sp³-hybridized carbons (Fsp3) is 0.364. The number of hydrogen-bond acceptors (Lipinski definition) is 4. The van der Waals surface area contributed by atoms with Crippen LogP contribution in [-0.2, 0) is 27.2 Å². The molecule has 0 spiro atoms. The Morgan fingerprint density at radius 3 is 2.74 bits per heavy atom. The molecule has 5 heteroatoms. The number of rotatable bonds is 7. The van der Waals surface area contributed by atoms with Gasteiger partial charge in [0.05, 0.1) is 13.2 Å². The van der Waals surface area contributed by atoms with Crippen molar-refractivity contribution in [2.75, 3.05) is 13.7 Å². The van der Waals surface area contributed by atoms with Crippen molar-refractivity contribution in [3.63, 3.8) is 0 Å². The van der Waals surface area contributed by atoms with Crippen molar-refractivity contribution in [2.45, 2.75) is 38.1 Å². The molecule has 1 atom stereocenters. The number of fused-ring (bicyclic) bond motifs is 1. The maximum atomic E-state index is 12.2. The van der Waals surface area contributed by atoms with Crippen LogP contribution in [0.2, 0.25) is 0 Å². The first-order valence-electron chi connectivity index (χ1n) is 9.32. The van der Waals surface area contributed by atoms with E-state index in [4.69, 9.17) is 9.47 Å². The summed E-state index contributed by atoms with van der Waals surface area (Å²) in [6.45, 7) is -0.247. The Morgan fingerprint density at radius 2 is 1.89 bits per heavy atom. The van der Waals surface area contributed by atoms with Gasteiger partial charge in [0.15, 0.2) is 6.61 Å². The van der Waals surface area contributed by atoms with Gasteiger partial charge < -0.3 is 14.8 Å². The van der Waals surface area contributed by atoms with Crippen LogP contribution >= 0.6 is 0 Å². The molecule has 3 rings (SSSR count). The summed E-state index contributed by atoms with van der Waals surface area (Å²) < 4.78 is 10.4. The number of amides is 1. The van der Waals surface area contributed by atoms with E-state index in [0.717, 1.165) is 30.6 Å². The molecule has 0 aliphatic heterocycles. The highest BCUT2D eigenvalue weighted by molar-refractivity contribution is 5.81. The second-order valence-electron chi connectivity index (χ2n) is 6.68. The number of aryl methyl sites for hydroxylation is 2. The van der Waals surface area contributed by atoms with Gasteiger partial charge in [0.25, 0.3) is 5.91 Å². The zero-order valence-corrected chi connectivity index (χ0v) is 15.6. The van der Waals surface area contributed by atoms with Gasteiger partial charge in [-0.3, -0.25) is 9.59 Å². The second-order valence-corrected chi connectivity index (χ2v) is 6.68. The molecule has 1 aliphatic carbocycles. The van der Waals surface area contributed by atoms with Crippen molar-refractivity contribution in [3.05, 3.63) is 65.2 Å². The summed E-state index contributed by atoms with van der Waals surface area (Å²) in [6.07, 6.45) is 3.71. The summed E-state index contributed by atoms with van der Waals surface area (Å²) in [5.41, 5.74) is 3.39. The predicted molar refractivity (Wildman–Crippen MR) is 103 cm³/mol. The third-order valence-corrected chi connectivity index (χ3v) is 4.86. The lowest BCUT2D eigenvalue weighted by atomic mass is 9.88. The molecule has 0 saturated carbocycles. The number of ether oxygens (including phenoxy) is 2. The van der Waals surface area contributed by atoms with Gasteiger partial charge in [0.1, 0.15) is 5.75 Å². The molecule has 0 fully saturated rings. The molecular weight excluding hydrogens is 342 g/mol. The monoisotopic (exact) mass is 367 g/mol. The molecule has 0 aromatic heterocycles. The molecule has 2 aromatic carbocycles. The third-order valence-electron chi connectivity index (χ3n) is 4.86. The minimum absolute atomic E-state index is 0.00488. The van der Waals surface area contributed by atoms with Crippen LogP contribution in [0.5, 0.6) is 5.75 Å². The number of hydrogen-bond donors (Lipinski definition) is 1. The SMILES string of the molecule is COc1ccccc1CCC(=O)OCC(=O)N[C@@H]1CCCc2ccccc21. The normalized spacial score (nSPS) is 15.5. The van der Waals surface area contributed by atoms with Crippen molar-refractivity contribution in [1.82, 2.24) is 5.32 Å². The van der Waals surface area contributed by atoms with Gasteiger partial charge in [-0.1, -0.05) is 42.5 Å². The first-order chi connectivity index (χ1) is 13.2. The molecule has 27 heavy (non-hydrogen) atoms. The molecule has 0 unspecified atom stereocenters. The van der Waals surface area contributed by atoms with E-state index in [2.05, 4.69) is 17.4 Å². The largest absolute Gasteiger partial charge is 0.496 e. The lowest BCUT2D eigenvalue weighted by Gasteiger charge is -2.26. The summed E-state index contributed by atoms with van der Waals surface area (Å²) in [6, 6.07) is 15.7. The molecule has 1 N–H and O–H groups in total. The first-order valence-corrected chi connectivity index (χ1v) is 9.32. The Labute approximate surface area is 159 Å². The Balaban J connectivity index is 1.45. The standard InChI is InChI=1S/C22H25NO4/c1-26-20-12-5-3-8-17(20)13-14-22(25)27-15-21(24)23-19-11-6-9-16-7-2-4-10-18(16)19/h2-5,7-8,10,12,19H,6,9,11,13-15H2,1H3,(H,23,24)/t19-/m1/s1. The van der Waals surface area contributed by atoms with Crippen LogP contribution in [0.4, 0.5) is 0 Å². The van der Waals surface area contributed by atoms with Gasteiger partial charge in [-0.2, -0.15) is 0 Å². The molecular formula is C22H25NO4. The van der Waals surface area contributed by atoms with Gasteiger partial charge in [0, 0.05) is 6.42 Å². The smallest absolute Gasteiger partial charge is 0.306 e. The van der Waals surface area contributed by atoms with Crippen LogP contribution in [0.3, 0.4) is 0 Å². The second kappa shape index (κ2) is 9.21. The van der Waals surface area contributed by atoms with Crippen molar-refractivity contribution in [3.8, 4) is 5.75 Å². The van der Waals surface area contributed by atoms with Gasteiger partial charge in [-0.25, -0.2) is 0 Å². The van der Waals surface area contributed by atoms with Crippen LogP contribution in [0, 0.1) is 0 Å². The van der Waals surface area contributed by atoms with Gasteiger partial charge in [-0.05, 0) is 48.4 Å². The number of benzene rings is 2. The molecule has 142 valence electrons. The van der Waals surface area contributed by atoms with E-state index in [1.807, 2.05) is 36.4 Å². The molecule has 0 bridgehead atoms. The predicted octanol–water partition coefficient (Wildman–Crippen LogP) is 3.36. The number of carbonyl (C=O) groups is 2. The number of para-hydroxylation sites is 1. The molecule has 1 amide bonds. The zero-order valence-electron chi connectivity index (χ0n) is 15.6. The van der Waals surface area contributed by atoms with Gasteiger partial charge in [-0.15, -0.1) is 0 Å². The van der Waals surface area contributed by atoms with Crippen LogP contribution in [0.1, 0.15) is 42.0 Å². The highest BCUT2D eigenvalue weighted by atomic mass is 16.5. The van der Waals surface area contributed by atoms with E-state index in [0.29, 0.717) is 6.42 Å². The average molecular weight is 367 g/mol. The van der Waals surface area contributed by atoms with Gasteiger partial charge >= 0.3 is 5.97 Å². The summed E-state index contributed by atoms with van der Waals surface area (Å²) in [7, 11) is 1.60. The topological polar surface area (TPSA) is 64.6 Å². The average Bonchev–Trinajstić information content (AvgIpc) is 2.71. The summed E-state index contributed by atoms with van der Waals surface area (Å²) in [4.78, 5) is 24.2. The molecule has 5 nitrogen and oxygen atoms in total. The first kappa shape index (κ1) is 19.0. The Kier molecular flexibility index (Phi) is 6.47. The maximum absolute atomic E-state index is 12.2. The number of carbonyl (C=O) groups excluding carboxylic acids is 2. The van der Waals surface area contributed by atoms with Crippen LogP contribution in [0.25, 0.3) is 0 Å². The van der Waals surface area contributed by atoms with E-state index in [1.54, 1.807) is 7.11 Å². The molecule has 0 saturated heterocycles. The molecule has 0 heterocycles. The minimum atomic E-state index is -0.389. The highest BCUT2D eigenvalue weighted by Crippen LogP contribution is 2.29. The van der Waals surface area contributed by atoms with Crippen molar-refractivity contribution in [2.24, 2.45) is 0 Å². The Bertz CT molecular complexity index is 802. The summed E-state index contributed by atoms with van der Waals surface area (Å²) in [5.74, 6) is 0.0986. The molecule has 1 aliphatic rings. The van der Waals surface area contributed by atoms with Crippen LogP contribution < -0.4 is 10.1 Å². The van der Waals surface area contributed by atoms with E-state index < -0.39 is 0 Å². The minimum Gasteiger partial charge on any atom is -0.496 e. The van der Waals surface area contributed by atoms with E-state index in [-0.39, 0.29) is 30.9 Å². The number of nitrogens with one attached hydrogen (secondary N) is 1. The Morgan fingerprint density at radius 1 is 1.11 bits per heavy atom. The van der Waals surface area contributed by atoms with Crippen LogP contribution in [0.15, 0.2) is 48.5 Å². The van der Waals surface area contributed by atoms with Crippen molar-refractivity contribution >= 4 is 11.9 Å². The van der Waals surface area contributed by atoms with E-state index in [1.165, 1.54) is 11.1 Å². The lowest BCUT2D eigenvalue weighted by molar-refractivity contribution is -0.148. The molecule has 2 aromatic rings. The highest BCUT2D eigenvalue weighted by Gasteiger charge is 2.21. The fourth-order valence-electron chi connectivity index (χ4n) is 3.50. The lowest BCUT2D eigenvalue weighted by Crippen LogP contribution is -2.34. The van der Waals surface area contributed by atoms with E-state index >= 15 is 0 Å². The quantitative estimate of drug-likeness (QED) is 0.762. The van der Waals surface area contributed by atoms with Crippen molar-refractivity contribution < 1.29 is 19.1 Å². The number of methoxy groups -OCH3 is 1. The van der Waals surface area contributed by atoms with Crippen LogP contribution in [-0.4, -0.2) is 25.6 Å². The summed E-state index contributed by atoms with van der Waals surface area (Å²) in [5, 5.41) is 2.99. The zero-order chi connectivity index (χ0) is 19.1. The van der Waals surface area contributed by atoms with E-state index in [9.17, 15) is 9.59 Å². The van der Waals surface area contributed by atoms with Gasteiger partial charge in [0.2, 0.25) is 0 Å². The number of esters is 1. The summed E-state index contributed by atoms with van der Waals surface area (Å²) >= 11 is 0. The third kappa shape index (κ3) is 5.09.